The van der Waals surface area contributed by atoms with Gasteiger partial charge in [-0.1, -0.05) is 18.5 Å². The van der Waals surface area contributed by atoms with Gasteiger partial charge in [-0.05, 0) is 44.4 Å². The summed E-state index contributed by atoms with van der Waals surface area (Å²) in [5.41, 5.74) is 0.308. The minimum Gasteiger partial charge on any atom is -0.350 e. The number of sulfonamides is 1. The largest absolute Gasteiger partial charge is 0.350 e. The van der Waals surface area contributed by atoms with Crippen LogP contribution in [0.2, 0.25) is 5.02 Å². The van der Waals surface area contributed by atoms with Gasteiger partial charge >= 0.3 is 0 Å². The maximum absolute atomic E-state index is 12.6. The third-order valence-electron chi connectivity index (χ3n) is 3.87. The molecule has 5 nitrogen and oxygen atoms in total. The molecule has 0 aromatic heterocycles. The van der Waals surface area contributed by atoms with Crippen LogP contribution in [0, 0.1) is 0 Å². The third kappa shape index (κ3) is 3.62. The molecule has 1 aromatic carbocycles. The highest BCUT2D eigenvalue weighted by Gasteiger charge is 2.29. The molecule has 0 saturated carbocycles. The van der Waals surface area contributed by atoms with E-state index in [4.69, 9.17) is 11.6 Å². The van der Waals surface area contributed by atoms with Crippen molar-refractivity contribution in [3.05, 3.63) is 28.8 Å². The fourth-order valence-corrected chi connectivity index (χ4v) is 4.34. The molecule has 1 heterocycles. The number of hydrogen-bond acceptors (Lipinski definition) is 3. The zero-order chi connectivity index (χ0) is 16.3. The van der Waals surface area contributed by atoms with Gasteiger partial charge in [0.15, 0.2) is 0 Å². The molecule has 1 aliphatic rings. The Labute approximate surface area is 136 Å². The molecular weight excluding hydrogens is 324 g/mol. The third-order valence-corrected chi connectivity index (χ3v) is 6.25. The van der Waals surface area contributed by atoms with E-state index in [1.165, 1.54) is 16.4 Å². The van der Waals surface area contributed by atoms with Gasteiger partial charge in [0.25, 0.3) is 5.91 Å². The van der Waals surface area contributed by atoms with Crippen LogP contribution in [-0.4, -0.2) is 37.8 Å². The van der Waals surface area contributed by atoms with Crippen LogP contribution >= 0.6 is 11.6 Å². The van der Waals surface area contributed by atoms with Crippen molar-refractivity contribution in [2.75, 3.05) is 13.1 Å². The molecule has 1 atom stereocenters. The molecule has 1 fully saturated rings. The van der Waals surface area contributed by atoms with E-state index in [-0.39, 0.29) is 21.9 Å². The zero-order valence-corrected chi connectivity index (χ0v) is 14.4. The van der Waals surface area contributed by atoms with Gasteiger partial charge in [0.1, 0.15) is 4.90 Å². The first-order chi connectivity index (χ1) is 10.4. The van der Waals surface area contributed by atoms with Crippen molar-refractivity contribution in [2.45, 2.75) is 44.0 Å². The second kappa shape index (κ2) is 6.98. The van der Waals surface area contributed by atoms with Gasteiger partial charge in [0, 0.05) is 24.7 Å². The van der Waals surface area contributed by atoms with Crippen molar-refractivity contribution in [2.24, 2.45) is 0 Å². The highest BCUT2D eigenvalue weighted by Crippen LogP contribution is 2.28. The van der Waals surface area contributed by atoms with Crippen LogP contribution < -0.4 is 5.32 Å². The maximum atomic E-state index is 12.6. The number of amides is 1. The van der Waals surface area contributed by atoms with Crippen LogP contribution in [0.4, 0.5) is 0 Å². The Balaban J connectivity index is 2.32. The summed E-state index contributed by atoms with van der Waals surface area (Å²) < 4.78 is 26.7. The number of rotatable bonds is 5. The smallest absolute Gasteiger partial charge is 0.251 e. The molecule has 1 aliphatic heterocycles. The Morgan fingerprint density at radius 1 is 1.36 bits per heavy atom. The van der Waals surface area contributed by atoms with Crippen molar-refractivity contribution in [1.82, 2.24) is 9.62 Å². The fourth-order valence-electron chi connectivity index (χ4n) is 2.32. The molecule has 2 rings (SSSR count). The predicted molar refractivity (Wildman–Crippen MR) is 86.7 cm³/mol. The van der Waals surface area contributed by atoms with Gasteiger partial charge < -0.3 is 5.32 Å². The van der Waals surface area contributed by atoms with Gasteiger partial charge in [-0.25, -0.2) is 8.42 Å². The topological polar surface area (TPSA) is 66.5 Å². The normalized spacial score (nSPS) is 17.4. The van der Waals surface area contributed by atoms with Crippen molar-refractivity contribution >= 4 is 27.5 Å². The number of carbonyl (C=O) groups excluding carboxylic acids is 1. The molecule has 1 saturated heterocycles. The minimum atomic E-state index is -3.64. The molecule has 22 heavy (non-hydrogen) atoms. The standard InChI is InChI=1S/C15H21ClN2O3S/c1-3-11(2)17-15(19)12-6-7-13(16)14(10-12)22(20,21)18-8-4-5-9-18/h6-7,10-11H,3-5,8-9H2,1-2H3,(H,17,19)/t11-/m1/s1. The molecule has 1 N–H and O–H groups in total. The van der Waals surface area contributed by atoms with Gasteiger partial charge in [-0.2, -0.15) is 4.31 Å². The number of carbonyl (C=O) groups is 1. The molecule has 0 aliphatic carbocycles. The molecule has 7 heteroatoms. The molecule has 0 unspecified atom stereocenters. The molecule has 0 radical (unpaired) electrons. The second-order valence-electron chi connectivity index (χ2n) is 5.54. The van der Waals surface area contributed by atoms with E-state index in [1.807, 2.05) is 13.8 Å². The summed E-state index contributed by atoms with van der Waals surface area (Å²) >= 11 is 6.06. The lowest BCUT2D eigenvalue weighted by molar-refractivity contribution is 0.0939. The summed E-state index contributed by atoms with van der Waals surface area (Å²) in [6.07, 6.45) is 2.51. The van der Waals surface area contributed by atoms with Crippen LogP contribution in [0.25, 0.3) is 0 Å². The number of halogens is 1. The number of nitrogens with zero attached hydrogens (tertiary/aromatic N) is 1. The van der Waals surface area contributed by atoms with E-state index < -0.39 is 10.0 Å². The predicted octanol–water partition coefficient (Wildman–Crippen LogP) is 2.65. The number of benzene rings is 1. The first-order valence-electron chi connectivity index (χ1n) is 7.47. The van der Waals surface area contributed by atoms with Gasteiger partial charge in [0.2, 0.25) is 10.0 Å². The molecule has 0 spiro atoms. The summed E-state index contributed by atoms with van der Waals surface area (Å²) in [5, 5.41) is 2.97. The first-order valence-corrected chi connectivity index (χ1v) is 9.28. The van der Waals surface area contributed by atoms with E-state index >= 15 is 0 Å². The number of nitrogens with one attached hydrogen (secondary N) is 1. The Kier molecular flexibility index (Phi) is 5.47. The maximum Gasteiger partial charge on any atom is 0.251 e. The molecule has 0 bridgehead atoms. The highest BCUT2D eigenvalue weighted by atomic mass is 35.5. The van der Waals surface area contributed by atoms with E-state index in [0.717, 1.165) is 19.3 Å². The van der Waals surface area contributed by atoms with Crippen LogP contribution in [0.5, 0.6) is 0 Å². The summed E-state index contributed by atoms with van der Waals surface area (Å²) in [4.78, 5) is 12.2. The average Bonchev–Trinajstić information content (AvgIpc) is 3.02. The zero-order valence-electron chi connectivity index (χ0n) is 12.8. The van der Waals surface area contributed by atoms with Gasteiger partial charge in [-0.3, -0.25) is 4.79 Å². The van der Waals surface area contributed by atoms with E-state index in [1.54, 1.807) is 6.07 Å². The molecular formula is C15H21ClN2O3S. The Morgan fingerprint density at radius 3 is 2.59 bits per heavy atom. The van der Waals surface area contributed by atoms with Crippen molar-refractivity contribution in [1.29, 1.82) is 0 Å². The molecule has 1 aromatic rings. The Hall–Kier alpha value is -1.11. The lowest BCUT2D eigenvalue weighted by Crippen LogP contribution is -2.32. The molecule has 122 valence electrons. The van der Waals surface area contributed by atoms with E-state index in [2.05, 4.69) is 5.32 Å². The summed E-state index contributed by atoms with van der Waals surface area (Å²) in [7, 11) is -3.64. The Bertz CT molecular complexity index is 655. The second-order valence-corrected chi connectivity index (χ2v) is 7.85. The van der Waals surface area contributed by atoms with Crippen LogP contribution in [0.15, 0.2) is 23.1 Å². The molecule has 1 amide bonds. The quantitative estimate of drug-likeness (QED) is 0.893. The fraction of sp³-hybridized carbons (Fsp3) is 0.533. The summed E-state index contributed by atoms with van der Waals surface area (Å²) in [6.45, 7) is 4.87. The Morgan fingerprint density at radius 2 is 2.00 bits per heavy atom. The van der Waals surface area contributed by atoms with Crippen LogP contribution in [0.1, 0.15) is 43.5 Å². The minimum absolute atomic E-state index is 0.00729. The van der Waals surface area contributed by atoms with E-state index in [0.29, 0.717) is 18.7 Å². The number of hydrogen-bond donors (Lipinski definition) is 1. The first kappa shape index (κ1) is 17.2. The summed E-state index contributed by atoms with van der Waals surface area (Å²) in [5.74, 6) is -0.288. The van der Waals surface area contributed by atoms with Gasteiger partial charge in [-0.15, -0.1) is 0 Å². The van der Waals surface area contributed by atoms with Gasteiger partial charge in [0.05, 0.1) is 5.02 Å². The lowest BCUT2D eigenvalue weighted by Gasteiger charge is -2.17. The SMILES string of the molecule is CC[C@@H](C)NC(=O)c1ccc(Cl)c(S(=O)(=O)N2CCCC2)c1. The van der Waals surface area contributed by atoms with Crippen molar-refractivity contribution in [3.8, 4) is 0 Å². The van der Waals surface area contributed by atoms with Crippen molar-refractivity contribution in [3.63, 3.8) is 0 Å². The van der Waals surface area contributed by atoms with Crippen molar-refractivity contribution < 1.29 is 13.2 Å². The van der Waals surface area contributed by atoms with Crippen LogP contribution in [0.3, 0.4) is 0 Å². The summed E-state index contributed by atoms with van der Waals surface area (Å²) in [6, 6.07) is 4.41. The van der Waals surface area contributed by atoms with Crippen LogP contribution in [-0.2, 0) is 10.0 Å². The monoisotopic (exact) mass is 344 g/mol. The highest BCUT2D eigenvalue weighted by molar-refractivity contribution is 7.89. The van der Waals surface area contributed by atoms with E-state index in [9.17, 15) is 13.2 Å². The average molecular weight is 345 g/mol. The lowest BCUT2D eigenvalue weighted by atomic mass is 10.2.